The van der Waals surface area contributed by atoms with Gasteiger partial charge >= 0.3 is 6.36 Å². The molecule has 0 spiro atoms. The fourth-order valence-corrected chi connectivity index (χ4v) is 2.68. The lowest BCUT2D eigenvalue weighted by atomic mass is 9.95. The zero-order valence-electron chi connectivity index (χ0n) is 13.5. The minimum absolute atomic E-state index is 0.0516. The molecule has 1 aliphatic rings. The standard InChI is InChI=1S/C16H19F3N2O3/c1-20(2)14(22)12-7-9-21(10-8-12)15(23)11-3-5-13(6-4-11)24-16(17,18)19/h3-6,12H,7-10H2,1-2H3. The van der Waals surface area contributed by atoms with Gasteiger partial charge in [-0.05, 0) is 37.1 Å². The number of nitrogens with zero attached hydrogens (tertiary/aromatic N) is 2. The van der Waals surface area contributed by atoms with Gasteiger partial charge in [-0.2, -0.15) is 0 Å². The van der Waals surface area contributed by atoms with Crippen molar-refractivity contribution in [2.45, 2.75) is 19.2 Å². The number of amides is 2. The van der Waals surface area contributed by atoms with Crippen LogP contribution in [-0.2, 0) is 4.79 Å². The number of ether oxygens (including phenoxy) is 1. The van der Waals surface area contributed by atoms with Gasteiger partial charge in [-0.15, -0.1) is 13.2 Å². The average Bonchev–Trinajstić information content (AvgIpc) is 2.53. The van der Waals surface area contributed by atoms with Gasteiger partial charge in [0.15, 0.2) is 0 Å². The number of carbonyl (C=O) groups excluding carboxylic acids is 2. The van der Waals surface area contributed by atoms with E-state index in [1.807, 2.05) is 0 Å². The van der Waals surface area contributed by atoms with Crippen LogP contribution < -0.4 is 4.74 Å². The number of likely N-dealkylation sites (tertiary alicyclic amines) is 1. The Balaban J connectivity index is 1.94. The summed E-state index contributed by atoms with van der Waals surface area (Å²) in [5.41, 5.74) is 0.293. The van der Waals surface area contributed by atoms with E-state index in [-0.39, 0.29) is 23.5 Å². The smallest absolute Gasteiger partial charge is 0.406 e. The molecular formula is C16H19F3N2O3. The van der Waals surface area contributed by atoms with E-state index in [2.05, 4.69) is 4.74 Å². The molecule has 0 radical (unpaired) electrons. The van der Waals surface area contributed by atoms with Gasteiger partial charge < -0.3 is 14.5 Å². The first-order valence-electron chi connectivity index (χ1n) is 7.53. The van der Waals surface area contributed by atoms with Crippen molar-refractivity contribution in [1.29, 1.82) is 0 Å². The third-order valence-corrected chi connectivity index (χ3v) is 3.91. The molecule has 1 fully saturated rings. The summed E-state index contributed by atoms with van der Waals surface area (Å²) < 4.78 is 40.1. The minimum atomic E-state index is -4.76. The lowest BCUT2D eigenvalue weighted by Gasteiger charge is -2.32. The van der Waals surface area contributed by atoms with Crippen molar-refractivity contribution >= 4 is 11.8 Å². The van der Waals surface area contributed by atoms with Gasteiger partial charge in [0.25, 0.3) is 5.91 Å². The lowest BCUT2D eigenvalue weighted by molar-refractivity contribution is -0.274. The largest absolute Gasteiger partial charge is 0.573 e. The van der Waals surface area contributed by atoms with Crippen LogP contribution in [0.1, 0.15) is 23.2 Å². The number of benzene rings is 1. The molecule has 1 heterocycles. The predicted octanol–water partition coefficient (Wildman–Crippen LogP) is 2.53. The van der Waals surface area contributed by atoms with Crippen LogP contribution in [0.25, 0.3) is 0 Å². The van der Waals surface area contributed by atoms with Crippen molar-refractivity contribution < 1.29 is 27.5 Å². The van der Waals surface area contributed by atoms with Crippen LogP contribution in [0.5, 0.6) is 5.75 Å². The van der Waals surface area contributed by atoms with Gasteiger partial charge in [0.05, 0.1) is 0 Å². The second-order valence-electron chi connectivity index (χ2n) is 5.87. The van der Waals surface area contributed by atoms with Gasteiger partial charge in [-0.1, -0.05) is 0 Å². The Morgan fingerprint density at radius 3 is 2.12 bits per heavy atom. The van der Waals surface area contributed by atoms with E-state index in [4.69, 9.17) is 0 Å². The van der Waals surface area contributed by atoms with E-state index >= 15 is 0 Å². The summed E-state index contributed by atoms with van der Waals surface area (Å²) in [6, 6.07) is 4.84. The Bertz CT molecular complexity index is 592. The minimum Gasteiger partial charge on any atom is -0.406 e. The molecule has 2 amide bonds. The van der Waals surface area contributed by atoms with E-state index in [1.54, 1.807) is 23.9 Å². The molecule has 5 nitrogen and oxygen atoms in total. The molecule has 1 aromatic rings. The first-order chi connectivity index (χ1) is 11.2. The van der Waals surface area contributed by atoms with Crippen LogP contribution in [0.4, 0.5) is 13.2 Å². The number of hydrogen-bond acceptors (Lipinski definition) is 3. The summed E-state index contributed by atoms with van der Waals surface area (Å²) in [7, 11) is 3.40. The van der Waals surface area contributed by atoms with Gasteiger partial charge in [0, 0.05) is 38.7 Å². The Labute approximate surface area is 138 Å². The van der Waals surface area contributed by atoms with E-state index in [9.17, 15) is 22.8 Å². The summed E-state index contributed by atoms with van der Waals surface area (Å²) in [6.07, 6.45) is -3.59. The molecule has 1 saturated heterocycles. The van der Waals surface area contributed by atoms with Crippen molar-refractivity contribution in [1.82, 2.24) is 9.80 Å². The van der Waals surface area contributed by atoms with Crippen LogP contribution in [-0.4, -0.2) is 55.2 Å². The molecule has 0 N–H and O–H groups in total. The van der Waals surface area contributed by atoms with Crippen molar-refractivity contribution in [3.8, 4) is 5.75 Å². The normalized spacial score (nSPS) is 16.0. The summed E-state index contributed by atoms with van der Waals surface area (Å²) in [4.78, 5) is 27.4. The Kier molecular flexibility index (Phi) is 5.36. The second kappa shape index (κ2) is 7.11. The molecule has 0 aromatic heterocycles. The van der Waals surface area contributed by atoms with Crippen molar-refractivity contribution in [3.63, 3.8) is 0 Å². The number of carbonyl (C=O) groups is 2. The third kappa shape index (κ3) is 4.62. The van der Waals surface area contributed by atoms with Crippen molar-refractivity contribution in [2.24, 2.45) is 5.92 Å². The van der Waals surface area contributed by atoms with Gasteiger partial charge in [0.1, 0.15) is 5.75 Å². The molecule has 1 aliphatic heterocycles. The van der Waals surface area contributed by atoms with Gasteiger partial charge in [-0.25, -0.2) is 0 Å². The van der Waals surface area contributed by atoms with Gasteiger partial charge in [0.2, 0.25) is 5.91 Å². The Morgan fingerprint density at radius 1 is 1.12 bits per heavy atom. The fraction of sp³-hybridized carbons (Fsp3) is 0.500. The molecule has 0 atom stereocenters. The van der Waals surface area contributed by atoms with Crippen LogP contribution in [0.15, 0.2) is 24.3 Å². The zero-order chi connectivity index (χ0) is 17.9. The number of halogens is 3. The quantitative estimate of drug-likeness (QED) is 0.847. The Morgan fingerprint density at radius 2 is 1.67 bits per heavy atom. The van der Waals surface area contributed by atoms with Crippen molar-refractivity contribution in [3.05, 3.63) is 29.8 Å². The first-order valence-corrected chi connectivity index (χ1v) is 7.53. The number of rotatable bonds is 3. The van der Waals surface area contributed by atoms with E-state index in [0.29, 0.717) is 31.5 Å². The van der Waals surface area contributed by atoms with Crippen LogP contribution in [0.3, 0.4) is 0 Å². The lowest BCUT2D eigenvalue weighted by Crippen LogP contribution is -2.42. The highest BCUT2D eigenvalue weighted by molar-refractivity contribution is 5.94. The van der Waals surface area contributed by atoms with Gasteiger partial charge in [-0.3, -0.25) is 9.59 Å². The summed E-state index contributed by atoms with van der Waals surface area (Å²) >= 11 is 0. The number of hydrogen-bond donors (Lipinski definition) is 0. The van der Waals surface area contributed by atoms with E-state index < -0.39 is 6.36 Å². The summed E-state index contributed by atoms with van der Waals surface area (Å²) in [5.74, 6) is -0.666. The topological polar surface area (TPSA) is 49.9 Å². The maximum absolute atomic E-state index is 12.4. The molecule has 132 valence electrons. The molecule has 8 heteroatoms. The maximum Gasteiger partial charge on any atom is 0.573 e. The van der Waals surface area contributed by atoms with Crippen LogP contribution in [0, 0.1) is 5.92 Å². The molecule has 0 bridgehead atoms. The summed E-state index contributed by atoms with van der Waals surface area (Å²) in [6.45, 7) is 0.897. The molecule has 24 heavy (non-hydrogen) atoms. The molecule has 0 unspecified atom stereocenters. The molecule has 0 saturated carbocycles. The molecular weight excluding hydrogens is 325 g/mol. The SMILES string of the molecule is CN(C)C(=O)C1CCN(C(=O)c2ccc(OC(F)(F)F)cc2)CC1. The zero-order valence-corrected chi connectivity index (χ0v) is 13.5. The number of alkyl halides is 3. The average molecular weight is 344 g/mol. The highest BCUT2D eigenvalue weighted by atomic mass is 19.4. The fourth-order valence-electron chi connectivity index (χ4n) is 2.68. The molecule has 1 aromatic carbocycles. The molecule has 2 rings (SSSR count). The second-order valence-corrected chi connectivity index (χ2v) is 5.87. The van der Waals surface area contributed by atoms with E-state index in [1.165, 1.54) is 12.1 Å². The maximum atomic E-state index is 12.4. The highest BCUT2D eigenvalue weighted by Crippen LogP contribution is 2.24. The Hall–Kier alpha value is -2.25. The third-order valence-electron chi connectivity index (χ3n) is 3.91. The van der Waals surface area contributed by atoms with Crippen LogP contribution in [0.2, 0.25) is 0 Å². The monoisotopic (exact) mass is 344 g/mol. The van der Waals surface area contributed by atoms with E-state index in [0.717, 1.165) is 12.1 Å². The van der Waals surface area contributed by atoms with Crippen LogP contribution >= 0.6 is 0 Å². The molecule has 0 aliphatic carbocycles. The first kappa shape index (κ1) is 18.1. The highest BCUT2D eigenvalue weighted by Gasteiger charge is 2.31. The van der Waals surface area contributed by atoms with Crippen molar-refractivity contribution in [2.75, 3.05) is 27.2 Å². The summed E-state index contributed by atoms with van der Waals surface area (Å²) in [5, 5.41) is 0. The predicted molar refractivity (Wildman–Crippen MR) is 80.4 cm³/mol. The number of piperidine rings is 1.